The van der Waals surface area contributed by atoms with Crippen LogP contribution in [0.1, 0.15) is 36.2 Å². The van der Waals surface area contributed by atoms with Gasteiger partial charge in [0.25, 0.3) is 0 Å². The number of rotatable bonds is 6. The van der Waals surface area contributed by atoms with Gasteiger partial charge in [0, 0.05) is 45.3 Å². The van der Waals surface area contributed by atoms with Crippen molar-refractivity contribution in [1.29, 1.82) is 0 Å². The van der Waals surface area contributed by atoms with Crippen molar-refractivity contribution in [2.45, 2.75) is 52.6 Å². The molecule has 0 saturated carbocycles. The molecule has 0 bridgehead atoms. The van der Waals surface area contributed by atoms with Crippen molar-refractivity contribution in [1.82, 2.24) is 20.0 Å². The van der Waals surface area contributed by atoms with Crippen molar-refractivity contribution >= 4 is 11.6 Å². The van der Waals surface area contributed by atoms with Crippen molar-refractivity contribution < 1.29 is 4.74 Å². The molecule has 1 aliphatic rings. The number of halogens is 1. The van der Waals surface area contributed by atoms with Crippen LogP contribution in [0.25, 0.3) is 0 Å². The summed E-state index contributed by atoms with van der Waals surface area (Å²) in [6.07, 6.45) is 0.583. The van der Waals surface area contributed by atoms with Crippen LogP contribution in [0, 0.1) is 6.92 Å². The fraction of sp³-hybridized carbons (Fsp3) is 0.550. The third-order valence-electron chi connectivity index (χ3n) is 4.89. The van der Waals surface area contributed by atoms with Gasteiger partial charge in [0.1, 0.15) is 5.15 Å². The van der Waals surface area contributed by atoms with E-state index in [0.29, 0.717) is 17.4 Å². The number of aromatic nitrogens is 2. The molecular formula is C20H29ClN4O. The standard InChI is InChI=1S/C20H29ClN4O/c1-14-11-25(12-15(2)26-14)13-18-8-6-5-7-17(18)9-22-10-19-16(3)23-24(4)20(19)21/h5-8,14-15,22H,9-13H2,1-4H3. The zero-order valence-electron chi connectivity index (χ0n) is 16.1. The largest absolute Gasteiger partial charge is 0.373 e. The molecular weight excluding hydrogens is 348 g/mol. The van der Waals surface area contributed by atoms with Gasteiger partial charge in [-0.05, 0) is 31.9 Å². The van der Waals surface area contributed by atoms with Gasteiger partial charge in [-0.3, -0.25) is 9.58 Å². The Morgan fingerprint density at radius 3 is 2.42 bits per heavy atom. The molecule has 1 fully saturated rings. The van der Waals surface area contributed by atoms with E-state index in [0.717, 1.165) is 44.0 Å². The van der Waals surface area contributed by atoms with Crippen LogP contribution in [0.2, 0.25) is 5.15 Å². The number of nitrogens with zero attached hydrogens (tertiary/aromatic N) is 3. The predicted molar refractivity (Wildman–Crippen MR) is 105 cm³/mol. The third kappa shape index (κ3) is 4.65. The average molecular weight is 377 g/mol. The van der Waals surface area contributed by atoms with E-state index in [-0.39, 0.29) is 0 Å². The molecule has 26 heavy (non-hydrogen) atoms. The Morgan fingerprint density at radius 2 is 1.81 bits per heavy atom. The highest BCUT2D eigenvalue weighted by Gasteiger charge is 2.22. The third-order valence-corrected chi connectivity index (χ3v) is 5.37. The summed E-state index contributed by atoms with van der Waals surface area (Å²) in [4.78, 5) is 2.49. The normalized spacial score (nSPS) is 21.3. The first-order valence-electron chi connectivity index (χ1n) is 9.27. The molecule has 3 rings (SSSR count). The maximum Gasteiger partial charge on any atom is 0.131 e. The molecule has 6 heteroatoms. The molecule has 0 radical (unpaired) electrons. The van der Waals surface area contributed by atoms with Crippen LogP contribution in [-0.2, 0) is 31.4 Å². The highest BCUT2D eigenvalue weighted by molar-refractivity contribution is 6.30. The number of hydrogen-bond acceptors (Lipinski definition) is 4. The van der Waals surface area contributed by atoms with Crippen molar-refractivity contribution in [3.63, 3.8) is 0 Å². The first-order valence-corrected chi connectivity index (χ1v) is 9.65. The zero-order chi connectivity index (χ0) is 18.7. The van der Waals surface area contributed by atoms with Gasteiger partial charge in [0.2, 0.25) is 0 Å². The number of ether oxygens (including phenoxy) is 1. The summed E-state index contributed by atoms with van der Waals surface area (Å²) < 4.78 is 7.57. The SMILES string of the molecule is Cc1nn(C)c(Cl)c1CNCc1ccccc1CN1CC(C)OC(C)C1. The van der Waals surface area contributed by atoms with Crippen LogP contribution in [0.15, 0.2) is 24.3 Å². The molecule has 1 saturated heterocycles. The molecule has 0 aliphatic carbocycles. The Kier molecular flexibility index (Phi) is 6.35. The van der Waals surface area contributed by atoms with E-state index >= 15 is 0 Å². The molecule has 0 amide bonds. The quantitative estimate of drug-likeness (QED) is 0.840. The number of aryl methyl sites for hydroxylation is 2. The fourth-order valence-corrected chi connectivity index (χ4v) is 3.98. The summed E-state index contributed by atoms with van der Waals surface area (Å²) in [5.41, 5.74) is 4.75. The second kappa shape index (κ2) is 8.53. The monoisotopic (exact) mass is 376 g/mol. The molecule has 2 heterocycles. The number of benzene rings is 1. The lowest BCUT2D eigenvalue weighted by molar-refractivity contribution is -0.0705. The summed E-state index contributed by atoms with van der Waals surface area (Å²) in [6, 6.07) is 8.65. The first kappa shape index (κ1) is 19.4. The Bertz CT molecular complexity index is 735. The van der Waals surface area contributed by atoms with Crippen molar-refractivity contribution in [3.05, 3.63) is 51.8 Å². The van der Waals surface area contributed by atoms with E-state index in [1.807, 2.05) is 14.0 Å². The van der Waals surface area contributed by atoms with Crippen molar-refractivity contribution in [2.24, 2.45) is 7.05 Å². The lowest BCUT2D eigenvalue weighted by Crippen LogP contribution is -2.45. The number of morpholine rings is 1. The summed E-state index contributed by atoms with van der Waals surface area (Å²) >= 11 is 6.33. The molecule has 1 N–H and O–H groups in total. The highest BCUT2D eigenvalue weighted by Crippen LogP contribution is 2.19. The molecule has 2 atom stereocenters. The van der Waals surface area contributed by atoms with Crippen molar-refractivity contribution in [3.8, 4) is 0 Å². The molecule has 0 spiro atoms. The minimum Gasteiger partial charge on any atom is -0.373 e. The second-order valence-corrected chi connectivity index (χ2v) is 7.66. The van der Waals surface area contributed by atoms with Gasteiger partial charge >= 0.3 is 0 Å². The van der Waals surface area contributed by atoms with E-state index in [1.165, 1.54) is 11.1 Å². The van der Waals surface area contributed by atoms with Gasteiger partial charge < -0.3 is 10.1 Å². The predicted octanol–water partition coefficient (Wildman–Crippen LogP) is 3.28. The van der Waals surface area contributed by atoms with Crippen LogP contribution < -0.4 is 5.32 Å². The van der Waals surface area contributed by atoms with Gasteiger partial charge in [0.05, 0.1) is 17.9 Å². The lowest BCUT2D eigenvalue weighted by Gasteiger charge is -2.35. The zero-order valence-corrected chi connectivity index (χ0v) is 16.9. The van der Waals surface area contributed by atoms with Crippen LogP contribution in [0.5, 0.6) is 0 Å². The van der Waals surface area contributed by atoms with E-state index in [4.69, 9.17) is 16.3 Å². The maximum absolute atomic E-state index is 6.33. The van der Waals surface area contributed by atoms with Gasteiger partial charge in [-0.1, -0.05) is 35.9 Å². The second-order valence-electron chi connectivity index (χ2n) is 7.30. The van der Waals surface area contributed by atoms with E-state index < -0.39 is 0 Å². The highest BCUT2D eigenvalue weighted by atomic mass is 35.5. The van der Waals surface area contributed by atoms with Crippen LogP contribution in [-0.4, -0.2) is 40.0 Å². The molecule has 1 aromatic carbocycles. The van der Waals surface area contributed by atoms with Crippen molar-refractivity contribution in [2.75, 3.05) is 13.1 Å². The van der Waals surface area contributed by atoms with Gasteiger partial charge in [-0.25, -0.2) is 0 Å². The smallest absolute Gasteiger partial charge is 0.131 e. The number of nitrogens with one attached hydrogen (secondary N) is 1. The summed E-state index contributed by atoms with van der Waals surface area (Å²) in [7, 11) is 1.87. The number of hydrogen-bond donors (Lipinski definition) is 1. The van der Waals surface area contributed by atoms with E-state index in [1.54, 1.807) is 4.68 Å². The van der Waals surface area contributed by atoms with Crippen LogP contribution in [0.4, 0.5) is 0 Å². The Balaban J connectivity index is 1.62. The Morgan fingerprint density at radius 1 is 1.15 bits per heavy atom. The molecule has 2 aromatic rings. The minimum absolute atomic E-state index is 0.291. The topological polar surface area (TPSA) is 42.3 Å². The van der Waals surface area contributed by atoms with E-state index in [2.05, 4.69) is 53.4 Å². The Hall–Kier alpha value is -1.40. The van der Waals surface area contributed by atoms with Gasteiger partial charge in [0.15, 0.2) is 0 Å². The molecule has 5 nitrogen and oxygen atoms in total. The first-order chi connectivity index (χ1) is 12.4. The average Bonchev–Trinajstić information content (AvgIpc) is 2.81. The van der Waals surface area contributed by atoms with Crippen LogP contribution >= 0.6 is 11.6 Å². The van der Waals surface area contributed by atoms with Crippen LogP contribution in [0.3, 0.4) is 0 Å². The summed E-state index contributed by atoms with van der Waals surface area (Å²) in [5.74, 6) is 0. The molecule has 142 valence electrons. The van der Waals surface area contributed by atoms with Gasteiger partial charge in [-0.15, -0.1) is 0 Å². The summed E-state index contributed by atoms with van der Waals surface area (Å²) in [6.45, 7) is 10.8. The minimum atomic E-state index is 0.291. The van der Waals surface area contributed by atoms with E-state index in [9.17, 15) is 0 Å². The molecule has 1 aliphatic heterocycles. The lowest BCUT2D eigenvalue weighted by atomic mass is 10.1. The van der Waals surface area contributed by atoms with Gasteiger partial charge in [-0.2, -0.15) is 5.10 Å². The Labute approximate surface area is 161 Å². The summed E-state index contributed by atoms with van der Waals surface area (Å²) in [5, 5.41) is 8.61. The fourth-order valence-electron chi connectivity index (χ4n) is 3.74. The molecule has 2 unspecified atom stereocenters. The molecule has 1 aromatic heterocycles. The maximum atomic E-state index is 6.33.